The molecule has 0 saturated heterocycles. The minimum Gasteiger partial charge on any atom is -0.362 e. The van der Waals surface area contributed by atoms with Crippen molar-refractivity contribution in [2.24, 2.45) is 4.99 Å². The largest absolute Gasteiger partial charge is 0.433 e. The summed E-state index contributed by atoms with van der Waals surface area (Å²) >= 11 is 0. The van der Waals surface area contributed by atoms with E-state index in [0.29, 0.717) is 25.2 Å². The molecule has 0 atom stereocenters. The smallest absolute Gasteiger partial charge is 0.362 e. The number of aliphatic imine (C=N–C) groups is 1. The Kier molecular flexibility index (Phi) is 7.22. The van der Waals surface area contributed by atoms with E-state index < -0.39 is 17.8 Å². The van der Waals surface area contributed by atoms with Gasteiger partial charge in [-0.2, -0.15) is 17.6 Å². The Morgan fingerprint density at radius 3 is 2.22 bits per heavy atom. The van der Waals surface area contributed by atoms with Gasteiger partial charge in [0.15, 0.2) is 0 Å². The average molecular weight is 444 g/mol. The van der Waals surface area contributed by atoms with Crippen LogP contribution >= 0.6 is 0 Å². The predicted octanol–water partition coefficient (Wildman–Crippen LogP) is 5.24. The summed E-state index contributed by atoms with van der Waals surface area (Å²) in [5, 5.41) is 0. The van der Waals surface area contributed by atoms with E-state index in [2.05, 4.69) is 21.0 Å². The molecule has 0 bridgehead atoms. The van der Waals surface area contributed by atoms with Gasteiger partial charge in [-0.3, -0.25) is 9.98 Å². The van der Waals surface area contributed by atoms with Crippen molar-refractivity contribution in [1.29, 1.82) is 0 Å². The third-order valence-electron chi connectivity index (χ3n) is 5.03. The van der Waals surface area contributed by atoms with E-state index in [4.69, 9.17) is 0 Å². The highest BCUT2D eigenvalue weighted by atomic mass is 19.4. The fourth-order valence-corrected chi connectivity index (χ4v) is 3.28. The summed E-state index contributed by atoms with van der Waals surface area (Å²) in [5.74, 6) is 0.168. The predicted molar refractivity (Wildman–Crippen MR) is 116 cm³/mol. The highest BCUT2D eigenvalue weighted by molar-refractivity contribution is 5.98. The molecule has 32 heavy (non-hydrogen) atoms. The lowest BCUT2D eigenvalue weighted by Crippen LogP contribution is -2.23. The van der Waals surface area contributed by atoms with Crippen LogP contribution in [0, 0.1) is 12.9 Å². The fraction of sp³-hybridized carbons (Fsp3) is 0.292. The molecule has 0 aliphatic carbocycles. The zero-order chi connectivity index (χ0) is 23.3. The first-order valence-electron chi connectivity index (χ1n) is 10.1. The number of rotatable bonds is 6. The summed E-state index contributed by atoms with van der Waals surface area (Å²) in [7, 11) is 3.74. The Morgan fingerprint density at radius 1 is 0.938 bits per heavy atom. The van der Waals surface area contributed by atoms with E-state index >= 15 is 0 Å². The molecular formula is C24H24F4N4. The fourth-order valence-electron chi connectivity index (χ4n) is 3.28. The summed E-state index contributed by atoms with van der Waals surface area (Å²) in [6, 6.07) is 11.5. The molecule has 0 unspecified atom stereocenters. The lowest BCUT2D eigenvalue weighted by atomic mass is 10.0. The Morgan fingerprint density at radius 2 is 1.66 bits per heavy atom. The van der Waals surface area contributed by atoms with Crippen LogP contribution in [0.2, 0.25) is 0 Å². The molecule has 3 rings (SSSR count). The first-order chi connectivity index (χ1) is 15.1. The third kappa shape index (κ3) is 6.12. The molecule has 168 valence electrons. The number of hydrogen-bond acceptors (Lipinski definition) is 3. The van der Waals surface area contributed by atoms with Crippen molar-refractivity contribution >= 4 is 5.84 Å². The molecule has 1 aromatic carbocycles. The van der Waals surface area contributed by atoms with Gasteiger partial charge in [-0.15, -0.1) is 0 Å². The zero-order valence-electron chi connectivity index (χ0n) is 18.1. The minimum absolute atomic E-state index is 0.458. The van der Waals surface area contributed by atoms with Crippen LogP contribution in [0.3, 0.4) is 0 Å². The number of halogens is 4. The highest BCUT2D eigenvalue weighted by Crippen LogP contribution is 2.27. The Bertz CT molecular complexity index is 1070. The van der Waals surface area contributed by atoms with E-state index in [1.165, 1.54) is 24.5 Å². The molecule has 0 N–H and O–H groups in total. The maximum atomic E-state index is 13.1. The van der Waals surface area contributed by atoms with Gasteiger partial charge in [0.25, 0.3) is 0 Å². The second kappa shape index (κ2) is 9.89. The number of aromatic nitrogens is 2. The third-order valence-corrected chi connectivity index (χ3v) is 5.03. The zero-order valence-corrected chi connectivity index (χ0v) is 18.1. The standard InChI is InChI=1S/C24H24F4N4/c1-16-12-17(4-5-18-7-10-21(29-13-18)24(26,27)28)6-8-19(16)14-31-23(32(2)3)20-9-11-22(25)30-15-20/h6-13,15H,4-5,14H2,1-3H3. The molecule has 0 amide bonds. The second-order valence-corrected chi connectivity index (χ2v) is 7.71. The Labute approximate surface area is 184 Å². The van der Waals surface area contributed by atoms with Gasteiger partial charge in [0.2, 0.25) is 5.95 Å². The van der Waals surface area contributed by atoms with E-state index in [9.17, 15) is 17.6 Å². The molecule has 8 heteroatoms. The maximum Gasteiger partial charge on any atom is 0.433 e. The van der Waals surface area contributed by atoms with Crippen molar-refractivity contribution in [2.45, 2.75) is 32.5 Å². The molecule has 0 spiro atoms. The molecule has 0 fully saturated rings. The molecule has 4 nitrogen and oxygen atoms in total. The van der Waals surface area contributed by atoms with E-state index in [0.717, 1.165) is 33.9 Å². The summed E-state index contributed by atoms with van der Waals surface area (Å²) < 4.78 is 51.0. The maximum absolute atomic E-state index is 13.1. The normalized spacial score (nSPS) is 12.2. The van der Waals surface area contributed by atoms with Gasteiger partial charge < -0.3 is 4.90 Å². The van der Waals surface area contributed by atoms with Gasteiger partial charge in [0.05, 0.1) is 6.54 Å². The monoisotopic (exact) mass is 444 g/mol. The summed E-state index contributed by atoms with van der Waals surface area (Å²) in [6.45, 7) is 2.46. The van der Waals surface area contributed by atoms with Gasteiger partial charge in [0.1, 0.15) is 11.5 Å². The van der Waals surface area contributed by atoms with Crippen molar-refractivity contribution in [1.82, 2.24) is 14.9 Å². The van der Waals surface area contributed by atoms with Crippen molar-refractivity contribution < 1.29 is 17.6 Å². The van der Waals surface area contributed by atoms with Crippen LogP contribution in [0.15, 0.2) is 59.9 Å². The van der Waals surface area contributed by atoms with Gasteiger partial charge in [-0.1, -0.05) is 24.3 Å². The molecule has 2 aromatic heterocycles. The number of alkyl halides is 3. The van der Waals surface area contributed by atoms with Crippen LogP contribution in [0.5, 0.6) is 0 Å². The molecule has 2 heterocycles. The van der Waals surface area contributed by atoms with Crippen LogP contribution in [0.1, 0.15) is 33.5 Å². The first kappa shape index (κ1) is 23.4. The van der Waals surface area contributed by atoms with Crippen LogP contribution in [0.4, 0.5) is 17.6 Å². The molecule has 0 aliphatic rings. The molecule has 0 saturated carbocycles. The van der Waals surface area contributed by atoms with Gasteiger partial charge in [0, 0.05) is 32.1 Å². The second-order valence-electron chi connectivity index (χ2n) is 7.71. The van der Waals surface area contributed by atoms with E-state index in [1.54, 1.807) is 6.07 Å². The topological polar surface area (TPSA) is 41.4 Å². The first-order valence-corrected chi connectivity index (χ1v) is 10.1. The van der Waals surface area contributed by atoms with Gasteiger partial charge in [-0.05, 0) is 60.2 Å². The van der Waals surface area contributed by atoms with Gasteiger partial charge in [-0.25, -0.2) is 4.98 Å². The van der Waals surface area contributed by atoms with Crippen LogP contribution in [0.25, 0.3) is 0 Å². The average Bonchev–Trinajstić information content (AvgIpc) is 2.74. The van der Waals surface area contributed by atoms with Crippen molar-refractivity contribution in [3.8, 4) is 0 Å². The quantitative estimate of drug-likeness (QED) is 0.226. The number of hydrogen-bond donors (Lipinski definition) is 0. The van der Waals surface area contributed by atoms with Crippen LogP contribution in [-0.4, -0.2) is 34.8 Å². The van der Waals surface area contributed by atoms with Crippen molar-refractivity contribution in [2.75, 3.05) is 14.1 Å². The highest BCUT2D eigenvalue weighted by Gasteiger charge is 2.31. The molecular weight excluding hydrogens is 420 g/mol. The SMILES string of the molecule is Cc1cc(CCc2ccc(C(F)(F)F)nc2)ccc1CN=C(c1ccc(F)nc1)N(C)C. The lowest BCUT2D eigenvalue weighted by molar-refractivity contribution is -0.141. The summed E-state index contributed by atoms with van der Waals surface area (Å²) in [4.78, 5) is 13.7. The number of amidine groups is 1. The Balaban J connectivity index is 1.66. The van der Waals surface area contributed by atoms with Crippen LogP contribution < -0.4 is 0 Å². The van der Waals surface area contributed by atoms with E-state index in [-0.39, 0.29) is 0 Å². The molecule has 0 radical (unpaired) electrons. The summed E-state index contributed by atoms with van der Waals surface area (Å²) in [6.07, 6.45) is -0.383. The number of nitrogens with zero attached hydrogens (tertiary/aromatic N) is 4. The number of benzene rings is 1. The lowest BCUT2D eigenvalue weighted by Gasteiger charge is -2.16. The number of pyridine rings is 2. The van der Waals surface area contributed by atoms with Crippen molar-refractivity contribution in [3.63, 3.8) is 0 Å². The van der Waals surface area contributed by atoms with Crippen LogP contribution in [-0.2, 0) is 25.6 Å². The molecule has 3 aromatic rings. The van der Waals surface area contributed by atoms with Crippen molar-refractivity contribution in [3.05, 3.63) is 94.3 Å². The van der Waals surface area contributed by atoms with E-state index in [1.807, 2.05) is 38.1 Å². The molecule has 0 aliphatic heterocycles. The number of aryl methyl sites for hydroxylation is 3. The summed E-state index contributed by atoms with van der Waals surface area (Å²) in [5.41, 5.74) is 3.83. The minimum atomic E-state index is -4.42. The Hall–Kier alpha value is -3.29. The van der Waals surface area contributed by atoms with Gasteiger partial charge >= 0.3 is 6.18 Å².